The molecule has 2 unspecified atom stereocenters. The van der Waals surface area contributed by atoms with Gasteiger partial charge < -0.3 is 10.2 Å². The van der Waals surface area contributed by atoms with Crippen LogP contribution in [0.1, 0.15) is 29.7 Å². The van der Waals surface area contributed by atoms with Crippen LogP contribution in [0.2, 0.25) is 0 Å². The van der Waals surface area contributed by atoms with Crippen molar-refractivity contribution < 1.29 is 28.2 Å². The smallest absolute Gasteiger partial charge is 0.309 e. The van der Waals surface area contributed by atoms with Crippen LogP contribution in [-0.2, 0) is 17.1 Å². The number of halogens is 3. The summed E-state index contributed by atoms with van der Waals surface area (Å²) < 4.78 is 39.3. The van der Waals surface area contributed by atoms with Gasteiger partial charge in [-0.15, -0.1) is 0 Å². The molecule has 0 heterocycles. The molecule has 2 N–H and O–H groups in total. The SMILES string of the molecule is CC(F)(F)c1ccc(CC(C(=O)O)C(O)c2ccc(F)cc2)cc1. The average molecular weight is 338 g/mol. The zero-order valence-corrected chi connectivity index (χ0v) is 12.9. The Labute approximate surface area is 137 Å². The van der Waals surface area contributed by atoms with E-state index in [0.29, 0.717) is 5.56 Å². The van der Waals surface area contributed by atoms with Gasteiger partial charge in [-0.25, -0.2) is 13.2 Å². The first-order valence-electron chi connectivity index (χ1n) is 7.32. The van der Waals surface area contributed by atoms with E-state index in [1.54, 1.807) is 0 Å². The van der Waals surface area contributed by atoms with E-state index in [4.69, 9.17) is 0 Å². The summed E-state index contributed by atoms with van der Waals surface area (Å²) in [7, 11) is 0. The van der Waals surface area contributed by atoms with E-state index in [9.17, 15) is 28.2 Å². The number of carbonyl (C=O) groups is 1. The van der Waals surface area contributed by atoms with E-state index < -0.39 is 29.7 Å². The van der Waals surface area contributed by atoms with Gasteiger partial charge in [-0.05, 0) is 29.7 Å². The number of aliphatic hydroxyl groups excluding tert-OH is 1. The Balaban J connectivity index is 2.19. The second kappa shape index (κ2) is 7.05. The lowest BCUT2D eigenvalue weighted by atomic mass is 9.89. The monoisotopic (exact) mass is 338 g/mol. The van der Waals surface area contributed by atoms with E-state index in [2.05, 4.69) is 0 Å². The maximum Gasteiger partial charge on any atom is 0.309 e. The second-order valence-electron chi connectivity index (χ2n) is 5.73. The van der Waals surface area contributed by atoms with Gasteiger partial charge in [0.1, 0.15) is 5.82 Å². The first-order chi connectivity index (χ1) is 11.2. The maximum absolute atomic E-state index is 13.2. The second-order valence-corrected chi connectivity index (χ2v) is 5.73. The molecular weight excluding hydrogens is 321 g/mol. The van der Waals surface area contributed by atoms with Crippen LogP contribution in [0.15, 0.2) is 48.5 Å². The standard InChI is InChI=1S/C18H17F3O3/c1-18(20,21)13-6-2-11(3-7-13)10-15(17(23)24)16(22)12-4-8-14(19)9-5-12/h2-9,15-16,22H,10H2,1H3,(H,23,24). The minimum Gasteiger partial charge on any atom is -0.481 e. The lowest BCUT2D eigenvalue weighted by molar-refractivity contribution is -0.145. The quantitative estimate of drug-likeness (QED) is 0.839. The van der Waals surface area contributed by atoms with Crippen LogP contribution in [0.3, 0.4) is 0 Å². The van der Waals surface area contributed by atoms with Crippen LogP contribution >= 0.6 is 0 Å². The molecule has 0 amide bonds. The molecule has 0 aliphatic rings. The molecule has 0 bridgehead atoms. The maximum atomic E-state index is 13.2. The zero-order chi connectivity index (χ0) is 17.9. The van der Waals surface area contributed by atoms with Crippen LogP contribution in [-0.4, -0.2) is 16.2 Å². The molecule has 0 aromatic heterocycles. The molecule has 0 saturated carbocycles. The minimum atomic E-state index is -2.97. The Hall–Kier alpha value is -2.34. The van der Waals surface area contributed by atoms with Crippen LogP contribution in [0.4, 0.5) is 13.2 Å². The molecule has 0 aliphatic heterocycles. The summed E-state index contributed by atoms with van der Waals surface area (Å²) in [5, 5.41) is 19.6. The lowest BCUT2D eigenvalue weighted by Crippen LogP contribution is -2.24. The van der Waals surface area contributed by atoms with Gasteiger partial charge in [0, 0.05) is 12.5 Å². The van der Waals surface area contributed by atoms with Crippen molar-refractivity contribution in [3.05, 3.63) is 71.0 Å². The van der Waals surface area contributed by atoms with Gasteiger partial charge in [0.25, 0.3) is 5.92 Å². The topological polar surface area (TPSA) is 57.5 Å². The van der Waals surface area contributed by atoms with Crippen molar-refractivity contribution in [1.82, 2.24) is 0 Å². The fraction of sp³-hybridized carbons (Fsp3) is 0.278. The van der Waals surface area contributed by atoms with E-state index in [0.717, 1.165) is 19.1 Å². The molecule has 2 aromatic carbocycles. The highest BCUT2D eigenvalue weighted by atomic mass is 19.3. The Morgan fingerprint density at radius 1 is 1.08 bits per heavy atom. The van der Waals surface area contributed by atoms with Crippen molar-refractivity contribution in [1.29, 1.82) is 0 Å². The molecule has 2 aromatic rings. The fourth-order valence-electron chi connectivity index (χ4n) is 2.41. The lowest BCUT2D eigenvalue weighted by Gasteiger charge is -2.20. The van der Waals surface area contributed by atoms with Gasteiger partial charge in [-0.2, -0.15) is 0 Å². The van der Waals surface area contributed by atoms with E-state index in [1.807, 2.05) is 0 Å². The number of benzene rings is 2. The van der Waals surface area contributed by atoms with Crippen molar-refractivity contribution in [3.8, 4) is 0 Å². The number of hydrogen-bond donors (Lipinski definition) is 2. The molecule has 2 rings (SSSR count). The molecule has 2 atom stereocenters. The van der Waals surface area contributed by atoms with Gasteiger partial charge in [-0.1, -0.05) is 36.4 Å². The van der Waals surface area contributed by atoms with Gasteiger partial charge >= 0.3 is 5.97 Å². The Morgan fingerprint density at radius 3 is 2.08 bits per heavy atom. The predicted molar refractivity (Wildman–Crippen MR) is 82.2 cm³/mol. The average Bonchev–Trinajstić information content (AvgIpc) is 2.52. The highest BCUT2D eigenvalue weighted by Gasteiger charge is 2.29. The third-order valence-corrected chi connectivity index (χ3v) is 3.83. The van der Waals surface area contributed by atoms with Crippen LogP contribution in [0.25, 0.3) is 0 Å². The highest BCUT2D eigenvalue weighted by molar-refractivity contribution is 5.71. The summed E-state index contributed by atoms with van der Waals surface area (Å²) in [5.41, 5.74) is 0.620. The normalized spacial score (nSPS) is 14.2. The van der Waals surface area contributed by atoms with Gasteiger partial charge in [0.15, 0.2) is 0 Å². The number of alkyl halides is 2. The van der Waals surface area contributed by atoms with Gasteiger partial charge in [0.05, 0.1) is 12.0 Å². The van der Waals surface area contributed by atoms with E-state index in [-0.39, 0.29) is 17.5 Å². The third kappa shape index (κ3) is 4.35. The number of hydrogen-bond acceptors (Lipinski definition) is 2. The van der Waals surface area contributed by atoms with E-state index in [1.165, 1.54) is 36.4 Å². The van der Waals surface area contributed by atoms with Crippen molar-refractivity contribution >= 4 is 5.97 Å². The van der Waals surface area contributed by atoms with Crippen LogP contribution in [0.5, 0.6) is 0 Å². The molecule has 0 fully saturated rings. The molecule has 0 radical (unpaired) electrons. The molecule has 128 valence electrons. The molecule has 6 heteroatoms. The van der Waals surface area contributed by atoms with Crippen molar-refractivity contribution in [2.24, 2.45) is 5.92 Å². The number of carboxylic acid groups (broad SMARTS) is 1. The van der Waals surface area contributed by atoms with Crippen LogP contribution in [0, 0.1) is 11.7 Å². The van der Waals surface area contributed by atoms with Crippen molar-refractivity contribution in [2.75, 3.05) is 0 Å². The molecule has 0 aliphatic carbocycles. The summed E-state index contributed by atoms with van der Waals surface area (Å²) in [5.74, 6) is -5.87. The van der Waals surface area contributed by atoms with Crippen LogP contribution < -0.4 is 0 Å². The minimum absolute atomic E-state index is 0.0383. The number of carboxylic acids is 1. The number of rotatable bonds is 6. The Morgan fingerprint density at radius 2 is 1.62 bits per heavy atom. The Bertz CT molecular complexity index is 691. The molecule has 24 heavy (non-hydrogen) atoms. The summed E-state index contributed by atoms with van der Waals surface area (Å²) in [6.45, 7) is 0.778. The van der Waals surface area contributed by atoms with E-state index >= 15 is 0 Å². The third-order valence-electron chi connectivity index (χ3n) is 3.83. The number of aliphatic carboxylic acids is 1. The predicted octanol–water partition coefficient (Wildman–Crippen LogP) is 3.91. The molecule has 3 nitrogen and oxygen atoms in total. The molecular formula is C18H17F3O3. The van der Waals surface area contributed by atoms with Crippen molar-refractivity contribution in [2.45, 2.75) is 25.4 Å². The first kappa shape index (κ1) is 18.0. The zero-order valence-electron chi connectivity index (χ0n) is 12.9. The molecule has 0 saturated heterocycles. The van der Waals surface area contributed by atoms with Gasteiger partial charge in [0.2, 0.25) is 0 Å². The van der Waals surface area contributed by atoms with Gasteiger partial charge in [-0.3, -0.25) is 4.79 Å². The summed E-state index contributed by atoms with van der Waals surface area (Å²) >= 11 is 0. The molecule has 0 spiro atoms. The summed E-state index contributed by atoms with van der Waals surface area (Å²) in [6.07, 6.45) is -1.38. The largest absolute Gasteiger partial charge is 0.481 e. The highest BCUT2D eigenvalue weighted by Crippen LogP contribution is 2.29. The fourth-order valence-corrected chi connectivity index (χ4v) is 2.41. The Kier molecular flexibility index (Phi) is 5.29. The summed E-state index contributed by atoms with van der Waals surface area (Å²) in [6, 6.07) is 10.2. The number of aliphatic hydroxyl groups is 1. The summed E-state index contributed by atoms with van der Waals surface area (Å²) in [4.78, 5) is 11.5. The van der Waals surface area contributed by atoms with Crippen molar-refractivity contribution in [3.63, 3.8) is 0 Å². The first-order valence-corrected chi connectivity index (χ1v) is 7.32.